The smallest absolute Gasteiger partial charge is 0.318 e. The largest absolute Gasteiger partial charge is 0.462 e. The van der Waals surface area contributed by atoms with Gasteiger partial charge >= 0.3 is 6.01 Å². The van der Waals surface area contributed by atoms with Gasteiger partial charge in [-0.25, -0.2) is 6.57 Å². The highest BCUT2D eigenvalue weighted by Gasteiger charge is 2.25. The number of likely N-dealkylation sites (N-methyl/N-ethyl adjacent to an activating group) is 1. The number of hydrogen-bond acceptors (Lipinski definition) is 8. The maximum atomic E-state index is 10.3. The van der Waals surface area contributed by atoms with Crippen molar-refractivity contribution in [1.82, 2.24) is 19.9 Å². The Hall–Kier alpha value is -5.01. The van der Waals surface area contributed by atoms with Gasteiger partial charge in [0.2, 0.25) is 12.5 Å². The monoisotopic (exact) mass is 650 g/mol. The minimum atomic E-state index is -0.462. The van der Waals surface area contributed by atoms with Crippen LogP contribution in [0.4, 0.5) is 11.5 Å². The number of carbonyl (C=O) groups is 1. The summed E-state index contributed by atoms with van der Waals surface area (Å²) in [5, 5.41) is 2.58. The van der Waals surface area contributed by atoms with Gasteiger partial charge < -0.3 is 30.8 Å². The van der Waals surface area contributed by atoms with E-state index >= 15 is 0 Å². The lowest BCUT2D eigenvalue weighted by Crippen LogP contribution is -2.33. The molecule has 0 radical (unpaired) electrons. The van der Waals surface area contributed by atoms with Crippen molar-refractivity contribution in [1.29, 1.82) is 0 Å². The Morgan fingerprint density at radius 3 is 2.50 bits per heavy atom. The summed E-state index contributed by atoms with van der Waals surface area (Å²) in [6.07, 6.45) is 8.71. The summed E-state index contributed by atoms with van der Waals surface area (Å²) in [5.74, 6) is 0.0965. The molecule has 0 saturated carbocycles. The molecule has 0 unspecified atom stereocenters. The van der Waals surface area contributed by atoms with Crippen LogP contribution < -0.4 is 21.1 Å². The van der Waals surface area contributed by atoms with E-state index in [2.05, 4.69) is 75.0 Å². The molecule has 0 spiro atoms. The van der Waals surface area contributed by atoms with Gasteiger partial charge in [0.25, 0.3) is 0 Å². The third-order valence-electron chi connectivity index (χ3n) is 8.03. The number of nitrogen functional groups attached to an aromatic ring is 1. The second-order valence-electron chi connectivity index (χ2n) is 11.4. The number of nitrogens with two attached hydrogens (primary N) is 2. The van der Waals surface area contributed by atoms with Gasteiger partial charge in [-0.3, -0.25) is 9.78 Å². The molecule has 0 aliphatic carbocycles. The fourth-order valence-electron chi connectivity index (χ4n) is 5.59. The molecule has 48 heavy (non-hydrogen) atoms. The SMILES string of the molecule is CC.Cc1cccc2cccc(N3CCc4c(N)nc(OC[C@@H]5CCCN5C)nc4C3)c12.NC(=O)/C=C/c1ccccn1.[C-]#[N+]CCC. The average molecular weight is 651 g/mol. The number of fused-ring (bicyclic) bond motifs is 2. The number of carbonyl (C=O) groups excluding carboxylic acids is 1. The molecule has 2 aromatic heterocycles. The Balaban J connectivity index is 0.000000288. The molecule has 2 aliphatic rings. The minimum Gasteiger partial charge on any atom is -0.462 e. The molecular formula is C38H50N8O2. The van der Waals surface area contributed by atoms with E-state index in [0.717, 1.165) is 55.8 Å². The number of aryl methyl sites for hydroxylation is 1. The lowest BCUT2D eigenvalue weighted by molar-refractivity contribution is -0.113. The second-order valence-corrected chi connectivity index (χ2v) is 11.4. The minimum absolute atomic E-state index is 0.405. The van der Waals surface area contributed by atoms with Crippen molar-refractivity contribution in [3.63, 3.8) is 0 Å². The molecule has 254 valence electrons. The van der Waals surface area contributed by atoms with Crippen LogP contribution in [0.25, 0.3) is 21.7 Å². The molecule has 1 atom stereocenters. The molecule has 2 aliphatic heterocycles. The van der Waals surface area contributed by atoms with Gasteiger partial charge in [-0.15, -0.1) is 0 Å². The quantitative estimate of drug-likeness (QED) is 0.172. The van der Waals surface area contributed by atoms with E-state index in [1.54, 1.807) is 18.3 Å². The molecule has 2 aromatic carbocycles. The third kappa shape index (κ3) is 10.8. The number of anilines is 2. The van der Waals surface area contributed by atoms with Crippen molar-refractivity contribution >= 4 is 34.3 Å². The van der Waals surface area contributed by atoms with Gasteiger partial charge in [-0.05, 0) is 75.0 Å². The van der Waals surface area contributed by atoms with Crippen LogP contribution in [0.1, 0.15) is 62.5 Å². The van der Waals surface area contributed by atoms with Crippen LogP contribution in [0.15, 0.2) is 66.9 Å². The van der Waals surface area contributed by atoms with Crippen LogP contribution >= 0.6 is 0 Å². The lowest BCUT2D eigenvalue weighted by Gasteiger charge is -2.31. The fourth-order valence-corrected chi connectivity index (χ4v) is 5.59. The first-order valence-electron chi connectivity index (χ1n) is 16.7. The molecule has 4 N–H and O–H groups in total. The Morgan fingerprint density at radius 1 is 1.10 bits per heavy atom. The van der Waals surface area contributed by atoms with Gasteiger partial charge in [0.05, 0.1) is 17.9 Å². The van der Waals surface area contributed by atoms with Crippen molar-refractivity contribution in [2.24, 2.45) is 5.73 Å². The zero-order valence-corrected chi connectivity index (χ0v) is 29.0. The van der Waals surface area contributed by atoms with Crippen molar-refractivity contribution in [2.75, 3.05) is 43.9 Å². The number of aromatic nitrogens is 3. The topological polar surface area (TPSA) is 128 Å². The number of amides is 1. The summed E-state index contributed by atoms with van der Waals surface area (Å²) in [7, 11) is 2.15. The highest BCUT2D eigenvalue weighted by molar-refractivity contribution is 5.97. The average Bonchev–Trinajstić information content (AvgIpc) is 3.52. The van der Waals surface area contributed by atoms with E-state index in [9.17, 15) is 4.79 Å². The molecule has 10 heteroatoms. The normalized spacial score (nSPS) is 15.2. The Morgan fingerprint density at radius 2 is 1.88 bits per heavy atom. The number of nitrogens with zero attached hydrogens (tertiary/aromatic N) is 6. The highest BCUT2D eigenvalue weighted by atomic mass is 16.5. The lowest BCUT2D eigenvalue weighted by atomic mass is 10.00. The van der Waals surface area contributed by atoms with Gasteiger partial charge in [-0.1, -0.05) is 57.2 Å². The van der Waals surface area contributed by atoms with Crippen LogP contribution in [0, 0.1) is 13.5 Å². The molecule has 1 fully saturated rings. The van der Waals surface area contributed by atoms with E-state index in [1.165, 1.54) is 34.5 Å². The first-order valence-corrected chi connectivity index (χ1v) is 16.7. The predicted molar refractivity (Wildman–Crippen MR) is 197 cm³/mol. The maximum Gasteiger partial charge on any atom is 0.318 e. The molecule has 1 amide bonds. The van der Waals surface area contributed by atoms with Gasteiger partial charge in [0, 0.05) is 47.9 Å². The van der Waals surface area contributed by atoms with Crippen LogP contribution in [-0.4, -0.2) is 65.1 Å². The van der Waals surface area contributed by atoms with Crippen molar-refractivity contribution < 1.29 is 9.53 Å². The number of primary amides is 1. The van der Waals surface area contributed by atoms with Crippen molar-refractivity contribution in [3.8, 4) is 6.01 Å². The van der Waals surface area contributed by atoms with Crippen LogP contribution in [0.5, 0.6) is 6.01 Å². The fraction of sp³-hybridized carbons (Fsp3) is 0.395. The summed E-state index contributed by atoms with van der Waals surface area (Å²) in [6, 6.07) is 19.3. The van der Waals surface area contributed by atoms with Gasteiger partial charge in [0.1, 0.15) is 12.4 Å². The standard InChI is InChI=1S/C24H29N5O.C8H8N2O.C4H7N.C2H6/c1-16-6-3-7-17-8-4-10-21(22(16)17)29-13-11-19-20(14-29)26-24(27-23(19)25)30-15-18-9-5-12-28(18)2;9-8(11)5-4-7-3-1-2-6-10-7;1-3-4-5-2;1-2/h3-4,6-8,10,18H,5,9,11-15H2,1-2H3,(H2,25,26,27);1-6H,(H2,9,11);3-4H2,1H3;1-2H3/b;5-4+;;/t18-;;;/m0.../s1. The Bertz CT molecular complexity index is 1660. The van der Waals surface area contributed by atoms with E-state index in [0.29, 0.717) is 31.0 Å². The first-order chi connectivity index (χ1) is 23.3. The van der Waals surface area contributed by atoms with Crippen LogP contribution in [0.2, 0.25) is 0 Å². The third-order valence-corrected chi connectivity index (χ3v) is 8.03. The predicted octanol–water partition coefficient (Wildman–Crippen LogP) is 6.48. The summed E-state index contributed by atoms with van der Waals surface area (Å²) in [4.78, 5) is 31.3. The highest BCUT2D eigenvalue weighted by Crippen LogP contribution is 2.34. The van der Waals surface area contributed by atoms with Gasteiger partial charge in [0.15, 0.2) is 0 Å². The number of ether oxygens (including phenoxy) is 1. The van der Waals surface area contributed by atoms with Crippen LogP contribution in [-0.2, 0) is 17.8 Å². The summed E-state index contributed by atoms with van der Waals surface area (Å²) in [5.41, 5.74) is 16.5. The number of likely N-dealkylation sites (tertiary alicyclic amines) is 1. The summed E-state index contributed by atoms with van der Waals surface area (Å²) >= 11 is 0. The Kier molecular flexibility index (Phi) is 15.3. The van der Waals surface area contributed by atoms with Gasteiger partial charge in [-0.2, -0.15) is 9.97 Å². The van der Waals surface area contributed by atoms with E-state index in [-0.39, 0.29) is 0 Å². The summed E-state index contributed by atoms with van der Waals surface area (Å²) < 4.78 is 5.98. The molecular weight excluding hydrogens is 600 g/mol. The first kappa shape index (κ1) is 37.4. The molecule has 6 rings (SSSR count). The van der Waals surface area contributed by atoms with E-state index in [1.807, 2.05) is 32.9 Å². The molecule has 4 aromatic rings. The molecule has 10 nitrogen and oxygen atoms in total. The maximum absolute atomic E-state index is 10.3. The van der Waals surface area contributed by atoms with E-state index in [4.69, 9.17) is 27.8 Å². The zero-order chi connectivity index (χ0) is 34.9. The Labute approximate surface area is 285 Å². The zero-order valence-electron chi connectivity index (χ0n) is 29.0. The van der Waals surface area contributed by atoms with Crippen molar-refractivity contribution in [3.05, 3.63) is 101 Å². The number of rotatable bonds is 7. The second kappa shape index (κ2) is 19.6. The van der Waals surface area contributed by atoms with Crippen LogP contribution in [0.3, 0.4) is 0 Å². The molecule has 1 saturated heterocycles. The number of benzene rings is 2. The number of hydrogen-bond donors (Lipinski definition) is 2. The van der Waals surface area contributed by atoms with E-state index < -0.39 is 5.91 Å². The molecule has 0 bridgehead atoms. The number of pyridine rings is 1. The summed E-state index contributed by atoms with van der Waals surface area (Å²) in [6.45, 7) is 18.4. The van der Waals surface area contributed by atoms with Crippen molar-refractivity contribution in [2.45, 2.75) is 66.0 Å². The molecule has 4 heterocycles.